The van der Waals surface area contributed by atoms with Crippen molar-refractivity contribution < 1.29 is 9.47 Å². The number of hydrogen-bond donors (Lipinski definition) is 1. The zero-order valence-corrected chi connectivity index (χ0v) is 17.3. The lowest BCUT2D eigenvalue weighted by atomic mass is 9.95. The second-order valence-corrected chi connectivity index (χ2v) is 7.89. The molecule has 0 unspecified atom stereocenters. The third-order valence-electron chi connectivity index (χ3n) is 5.12. The minimum Gasteiger partial charge on any atom is -0.493 e. The summed E-state index contributed by atoms with van der Waals surface area (Å²) < 4.78 is 12.6. The Kier molecular flexibility index (Phi) is 6.98. The van der Waals surface area contributed by atoms with Crippen LogP contribution in [0.15, 0.2) is 40.9 Å². The second kappa shape index (κ2) is 9.43. The highest BCUT2D eigenvalue weighted by Crippen LogP contribution is 2.37. The molecule has 1 fully saturated rings. The van der Waals surface area contributed by atoms with Gasteiger partial charge in [0.15, 0.2) is 11.5 Å². The lowest BCUT2D eigenvalue weighted by molar-refractivity contribution is 0.281. The normalized spacial score (nSPS) is 15.0. The Balaban J connectivity index is 1.67. The molecule has 26 heavy (non-hydrogen) atoms. The smallest absolute Gasteiger partial charge is 0.175 e. The zero-order valence-electron chi connectivity index (χ0n) is 15.7. The molecule has 3 rings (SSSR count). The van der Waals surface area contributed by atoms with Crippen molar-refractivity contribution in [3.63, 3.8) is 0 Å². The quantitative estimate of drug-likeness (QED) is 0.620. The predicted molar refractivity (Wildman–Crippen MR) is 110 cm³/mol. The van der Waals surface area contributed by atoms with Crippen LogP contribution in [0.4, 0.5) is 0 Å². The third kappa shape index (κ3) is 5.01. The van der Waals surface area contributed by atoms with Gasteiger partial charge in [-0.25, -0.2) is 0 Å². The van der Waals surface area contributed by atoms with Gasteiger partial charge in [-0.15, -0.1) is 0 Å². The minimum atomic E-state index is 0.529. The molecule has 0 aliphatic heterocycles. The summed E-state index contributed by atoms with van der Waals surface area (Å²) in [7, 11) is 1.70. The van der Waals surface area contributed by atoms with Crippen LogP contribution in [0.5, 0.6) is 11.5 Å². The molecular weight excluding hydrogens is 390 g/mol. The molecule has 1 saturated carbocycles. The fourth-order valence-corrected chi connectivity index (χ4v) is 4.11. The summed E-state index contributed by atoms with van der Waals surface area (Å²) in [6.07, 6.45) is 6.64. The van der Waals surface area contributed by atoms with Crippen LogP contribution in [0.1, 0.15) is 48.8 Å². The van der Waals surface area contributed by atoms with Crippen LogP contribution in [-0.2, 0) is 13.2 Å². The molecule has 0 saturated heterocycles. The van der Waals surface area contributed by atoms with Gasteiger partial charge in [0, 0.05) is 12.6 Å². The molecule has 140 valence electrons. The average Bonchev–Trinajstić information content (AvgIpc) is 2.67. The number of aryl methyl sites for hydroxylation is 1. The topological polar surface area (TPSA) is 30.5 Å². The van der Waals surface area contributed by atoms with E-state index >= 15 is 0 Å². The molecule has 1 aliphatic carbocycles. The van der Waals surface area contributed by atoms with Crippen molar-refractivity contribution in [3.8, 4) is 11.5 Å². The Bertz CT molecular complexity index is 726. The molecule has 0 radical (unpaired) electrons. The number of hydrogen-bond acceptors (Lipinski definition) is 3. The Labute approximate surface area is 165 Å². The largest absolute Gasteiger partial charge is 0.493 e. The molecule has 0 spiro atoms. The van der Waals surface area contributed by atoms with Gasteiger partial charge in [-0.05, 0) is 64.5 Å². The van der Waals surface area contributed by atoms with Crippen LogP contribution in [0, 0.1) is 6.92 Å². The molecule has 0 aromatic heterocycles. The molecule has 0 amide bonds. The van der Waals surface area contributed by atoms with E-state index < -0.39 is 0 Å². The molecule has 4 heteroatoms. The summed E-state index contributed by atoms with van der Waals surface area (Å²) in [6.45, 7) is 3.49. The lowest BCUT2D eigenvalue weighted by Crippen LogP contribution is -2.30. The maximum Gasteiger partial charge on any atom is 0.175 e. The van der Waals surface area contributed by atoms with Gasteiger partial charge in [0.2, 0.25) is 0 Å². The summed E-state index contributed by atoms with van der Waals surface area (Å²) >= 11 is 3.66. The molecule has 0 atom stereocenters. The average molecular weight is 418 g/mol. The summed E-state index contributed by atoms with van der Waals surface area (Å²) in [5.74, 6) is 1.53. The van der Waals surface area contributed by atoms with Crippen molar-refractivity contribution in [2.45, 2.75) is 58.2 Å². The molecule has 1 aliphatic rings. The second-order valence-electron chi connectivity index (χ2n) is 7.04. The zero-order chi connectivity index (χ0) is 18.4. The summed E-state index contributed by atoms with van der Waals surface area (Å²) in [5, 5.41) is 3.68. The van der Waals surface area contributed by atoms with Gasteiger partial charge in [0.25, 0.3) is 0 Å². The van der Waals surface area contributed by atoms with Crippen LogP contribution >= 0.6 is 15.9 Å². The monoisotopic (exact) mass is 417 g/mol. The summed E-state index contributed by atoms with van der Waals surface area (Å²) in [6, 6.07) is 13.1. The predicted octanol–water partition coefficient (Wildman–Crippen LogP) is 5.77. The van der Waals surface area contributed by atoms with Crippen molar-refractivity contribution in [3.05, 3.63) is 57.6 Å². The van der Waals surface area contributed by atoms with Gasteiger partial charge in [-0.3, -0.25) is 0 Å². The highest BCUT2D eigenvalue weighted by atomic mass is 79.9. The first-order valence-electron chi connectivity index (χ1n) is 9.44. The number of benzene rings is 2. The highest BCUT2D eigenvalue weighted by molar-refractivity contribution is 9.10. The van der Waals surface area contributed by atoms with Gasteiger partial charge in [0.05, 0.1) is 11.6 Å². The summed E-state index contributed by atoms with van der Waals surface area (Å²) in [5.41, 5.74) is 3.63. The Morgan fingerprint density at radius 1 is 1.12 bits per heavy atom. The van der Waals surface area contributed by atoms with E-state index in [9.17, 15) is 0 Å². The minimum absolute atomic E-state index is 0.529. The first kappa shape index (κ1) is 19.2. The van der Waals surface area contributed by atoms with E-state index in [1.165, 1.54) is 48.8 Å². The van der Waals surface area contributed by atoms with Crippen LogP contribution in [0.3, 0.4) is 0 Å². The van der Waals surface area contributed by atoms with E-state index in [2.05, 4.69) is 52.4 Å². The van der Waals surface area contributed by atoms with Crippen LogP contribution in [-0.4, -0.2) is 13.2 Å². The number of halogens is 1. The maximum absolute atomic E-state index is 6.08. The molecule has 2 aromatic rings. The van der Waals surface area contributed by atoms with Gasteiger partial charge in [-0.2, -0.15) is 0 Å². The van der Waals surface area contributed by atoms with E-state index in [0.29, 0.717) is 12.6 Å². The Morgan fingerprint density at radius 2 is 1.88 bits per heavy atom. The number of nitrogens with one attached hydrogen (secondary N) is 1. The first-order chi connectivity index (χ1) is 12.7. The van der Waals surface area contributed by atoms with Crippen molar-refractivity contribution in [1.82, 2.24) is 5.32 Å². The van der Waals surface area contributed by atoms with Crippen molar-refractivity contribution in [2.24, 2.45) is 0 Å². The molecule has 0 heterocycles. The Hall–Kier alpha value is -1.52. The van der Waals surface area contributed by atoms with Gasteiger partial charge >= 0.3 is 0 Å². The Morgan fingerprint density at radius 3 is 2.62 bits per heavy atom. The van der Waals surface area contributed by atoms with E-state index in [1.807, 2.05) is 12.1 Å². The van der Waals surface area contributed by atoms with Gasteiger partial charge in [0.1, 0.15) is 6.61 Å². The number of methoxy groups -OCH3 is 1. The molecule has 2 aromatic carbocycles. The van der Waals surface area contributed by atoms with Gasteiger partial charge in [-0.1, -0.05) is 43.5 Å². The van der Waals surface area contributed by atoms with Crippen LogP contribution in [0.25, 0.3) is 0 Å². The SMILES string of the molecule is COc1cc(CNC2CCCCC2)cc(Br)c1OCc1ccccc1C. The molecular formula is C22H28BrNO2. The molecule has 0 bridgehead atoms. The maximum atomic E-state index is 6.08. The first-order valence-corrected chi connectivity index (χ1v) is 10.2. The van der Waals surface area contributed by atoms with E-state index in [0.717, 1.165) is 22.5 Å². The third-order valence-corrected chi connectivity index (χ3v) is 5.71. The lowest BCUT2D eigenvalue weighted by Gasteiger charge is -2.23. The fraction of sp³-hybridized carbons (Fsp3) is 0.455. The highest BCUT2D eigenvalue weighted by Gasteiger charge is 2.15. The molecule has 3 nitrogen and oxygen atoms in total. The van der Waals surface area contributed by atoms with E-state index in [4.69, 9.17) is 9.47 Å². The number of ether oxygens (including phenoxy) is 2. The standard InChI is InChI=1S/C22H28BrNO2/c1-16-8-6-7-9-18(16)15-26-22-20(23)12-17(13-21(22)25-2)14-24-19-10-4-3-5-11-19/h6-9,12-13,19,24H,3-5,10-11,14-15H2,1-2H3. The molecule has 1 N–H and O–H groups in total. The van der Waals surface area contributed by atoms with Crippen molar-refractivity contribution in [2.75, 3.05) is 7.11 Å². The van der Waals surface area contributed by atoms with E-state index in [-0.39, 0.29) is 0 Å². The van der Waals surface area contributed by atoms with Crippen LogP contribution < -0.4 is 14.8 Å². The summed E-state index contributed by atoms with van der Waals surface area (Å²) in [4.78, 5) is 0. The van der Waals surface area contributed by atoms with Crippen molar-refractivity contribution in [1.29, 1.82) is 0 Å². The van der Waals surface area contributed by atoms with Crippen LogP contribution in [0.2, 0.25) is 0 Å². The number of rotatable bonds is 7. The van der Waals surface area contributed by atoms with E-state index in [1.54, 1.807) is 7.11 Å². The fourth-order valence-electron chi connectivity index (χ4n) is 3.51. The van der Waals surface area contributed by atoms with Gasteiger partial charge < -0.3 is 14.8 Å². The van der Waals surface area contributed by atoms with Crippen molar-refractivity contribution >= 4 is 15.9 Å².